The number of hydrogen-bond donors (Lipinski definition) is 2. The molecule has 36 heavy (non-hydrogen) atoms. The van der Waals surface area contributed by atoms with E-state index in [0.29, 0.717) is 55.4 Å². The number of carbonyl (C=O) groups excluding carboxylic acids is 2. The second kappa shape index (κ2) is 11.6. The summed E-state index contributed by atoms with van der Waals surface area (Å²) in [6.07, 6.45) is 2.59. The van der Waals surface area contributed by atoms with Gasteiger partial charge in [-0.2, -0.15) is 0 Å². The molecule has 0 aromatic heterocycles. The molecule has 0 radical (unpaired) electrons. The zero-order valence-electron chi connectivity index (χ0n) is 20.9. The summed E-state index contributed by atoms with van der Waals surface area (Å²) in [5.74, 6) is 1.76. The second-order valence-electron chi connectivity index (χ2n) is 9.14. The topological polar surface area (TPSA) is 89.1 Å². The van der Waals surface area contributed by atoms with E-state index >= 15 is 0 Å². The zero-order valence-corrected chi connectivity index (χ0v) is 21.7. The number of carbonyl (C=O) groups is 2. The molecule has 1 aliphatic carbocycles. The predicted molar refractivity (Wildman–Crippen MR) is 140 cm³/mol. The lowest BCUT2D eigenvalue weighted by atomic mass is 9.76. The highest BCUT2D eigenvalue weighted by Gasteiger charge is 2.44. The first-order valence-corrected chi connectivity index (χ1v) is 12.6. The minimum Gasteiger partial charge on any atom is -0.496 e. The Morgan fingerprint density at radius 2 is 1.81 bits per heavy atom. The van der Waals surface area contributed by atoms with Crippen molar-refractivity contribution >= 4 is 29.1 Å². The van der Waals surface area contributed by atoms with Gasteiger partial charge in [0.25, 0.3) is 0 Å². The fourth-order valence-corrected chi connectivity index (χ4v) is 5.37. The van der Waals surface area contributed by atoms with Gasteiger partial charge in [0.1, 0.15) is 5.75 Å². The third-order valence-electron chi connectivity index (χ3n) is 7.04. The van der Waals surface area contributed by atoms with Crippen molar-refractivity contribution in [3.63, 3.8) is 0 Å². The van der Waals surface area contributed by atoms with Gasteiger partial charge in [0.2, 0.25) is 11.8 Å². The number of benzene rings is 2. The quantitative estimate of drug-likeness (QED) is 0.500. The van der Waals surface area contributed by atoms with E-state index in [-0.39, 0.29) is 29.7 Å². The molecule has 4 rings (SSSR count). The molecule has 2 fully saturated rings. The molecule has 2 aromatic rings. The van der Waals surface area contributed by atoms with E-state index in [9.17, 15) is 9.59 Å². The van der Waals surface area contributed by atoms with E-state index in [1.165, 1.54) is 0 Å². The third-order valence-corrected chi connectivity index (χ3v) is 7.38. The number of rotatable bonds is 9. The summed E-state index contributed by atoms with van der Waals surface area (Å²) in [6.45, 7) is 0.883. The minimum absolute atomic E-state index is 0.0157. The summed E-state index contributed by atoms with van der Waals surface area (Å²) >= 11 is 5.55. The maximum atomic E-state index is 13.3. The smallest absolute Gasteiger partial charge is 0.234 e. The lowest BCUT2D eigenvalue weighted by Gasteiger charge is -2.43. The van der Waals surface area contributed by atoms with Crippen molar-refractivity contribution in [2.75, 3.05) is 27.9 Å². The molecule has 2 aliphatic rings. The van der Waals surface area contributed by atoms with Gasteiger partial charge >= 0.3 is 0 Å². The van der Waals surface area contributed by atoms with Crippen molar-refractivity contribution in [3.05, 3.63) is 53.6 Å². The van der Waals surface area contributed by atoms with E-state index < -0.39 is 0 Å². The molecular formula is C27H33N3O5S. The highest BCUT2D eigenvalue weighted by atomic mass is 32.1. The summed E-state index contributed by atoms with van der Waals surface area (Å²) in [5, 5.41) is 6.80. The average Bonchev–Trinajstić information content (AvgIpc) is 2.90. The van der Waals surface area contributed by atoms with Crippen LogP contribution in [0, 0.1) is 11.8 Å². The molecular weight excluding hydrogens is 478 g/mol. The van der Waals surface area contributed by atoms with Crippen molar-refractivity contribution in [3.8, 4) is 17.2 Å². The van der Waals surface area contributed by atoms with E-state index in [4.69, 9.17) is 26.4 Å². The Bertz CT molecular complexity index is 1120. The lowest BCUT2D eigenvalue weighted by Crippen LogP contribution is -2.61. The van der Waals surface area contributed by atoms with Gasteiger partial charge in [-0.3, -0.25) is 14.5 Å². The van der Waals surface area contributed by atoms with Crippen molar-refractivity contribution < 1.29 is 23.8 Å². The number of ether oxygens (including phenoxy) is 3. The first-order valence-electron chi connectivity index (χ1n) is 12.2. The summed E-state index contributed by atoms with van der Waals surface area (Å²) in [6, 6.07) is 13.2. The SMILES string of the molecule is COc1ccccc1CN1C(=O)C2CCC(C(=O)NCCc3ccc(OC)c(OC)c3)CC2NC1=S. The molecule has 2 amide bonds. The van der Waals surface area contributed by atoms with Crippen LogP contribution < -0.4 is 24.8 Å². The van der Waals surface area contributed by atoms with Crippen LogP contribution >= 0.6 is 12.2 Å². The molecule has 1 heterocycles. The lowest BCUT2D eigenvalue weighted by molar-refractivity contribution is -0.138. The maximum Gasteiger partial charge on any atom is 0.234 e. The van der Waals surface area contributed by atoms with Crippen LogP contribution in [0.25, 0.3) is 0 Å². The Labute approximate surface area is 217 Å². The molecule has 192 valence electrons. The number of methoxy groups -OCH3 is 3. The Morgan fingerprint density at radius 3 is 2.56 bits per heavy atom. The van der Waals surface area contributed by atoms with Crippen molar-refractivity contribution in [1.29, 1.82) is 0 Å². The highest BCUT2D eigenvalue weighted by Crippen LogP contribution is 2.34. The number of hydrogen-bond acceptors (Lipinski definition) is 6. The van der Waals surface area contributed by atoms with Crippen LogP contribution in [-0.2, 0) is 22.6 Å². The zero-order chi connectivity index (χ0) is 25.7. The summed E-state index contributed by atoms with van der Waals surface area (Å²) < 4.78 is 16.1. The number of para-hydroxylation sites is 1. The average molecular weight is 512 g/mol. The van der Waals surface area contributed by atoms with Crippen molar-refractivity contribution in [2.45, 2.75) is 38.3 Å². The number of amides is 2. The van der Waals surface area contributed by atoms with Gasteiger partial charge in [0, 0.05) is 24.1 Å². The molecule has 0 spiro atoms. The van der Waals surface area contributed by atoms with Gasteiger partial charge in [-0.1, -0.05) is 24.3 Å². The van der Waals surface area contributed by atoms with E-state index in [2.05, 4.69) is 10.6 Å². The van der Waals surface area contributed by atoms with Gasteiger partial charge in [0.15, 0.2) is 16.6 Å². The monoisotopic (exact) mass is 511 g/mol. The highest BCUT2D eigenvalue weighted by molar-refractivity contribution is 7.80. The Hall–Kier alpha value is -3.33. The molecule has 2 aromatic carbocycles. The van der Waals surface area contributed by atoms with Gasteiger partial charge in [0.05, 0.1) is 33.8 Å². The van der Waals surface area contributed by atoms with Crippen LogP contribution in [-0.4, -0.2) is 55.7 Å². The fraction of sp³-hybridized carbons (Fsp3) is 0.444. The van der Waals surface area contributed by atoms with E-state index in [0.717, 1.165) is 16.9 Å². The van der Waals surface area contributed by atoms with Gasteiger partial charge in [-0.25, -0.2) is 0 Å². The first-order chi connectivity index (χ1) is 17.4. The minimum atomic E-state index is -0.192. The third kappa shape index (κ3) is 5.56. The van der Waals surface area contributed by atoms with E-state index in [1.54, 1.807) is 26.2 Å². The summed E-state index contributed by atoms with van der Waals surface area (Å²) in [7, 11) is 4.82. The summed E-state index contributed by atoms with van der Waals surface area (Å²) in [4.78, 5) is 27.8. The normalized spacial score (nSPS) is 21.3. The molecule has 8 nitrogen and oxygen atoms in total. The Morgan fingerprint density at radius 1 is 1.06 bits per heavy atom. The molecule has 9 heteroatoms. The van der Waals surface area contributed by atoms with E-state index in [1.807, 2.05) is 42.5 Å². The number of thiocarbonyl (C=S) groups is 1. The Kier molecular flexibility index (Phi) is 8.30. The maximum absolute atomic E-state index is 13.3. The standard InChI is InChI=1S/C27H33N3O5S/c1-33-22-7-5-4-6-19(22)16-30-26(32)20-10-9-18(15-21(20)29-27(30)36)25(31)28-13-12-17-8-11-23(34-2)24(14-17)35-3/h4-8,11,14,18,20-21H,9-10,12-13,15-16H2,1-3H3,(H,28,31)(H,29,36). The fourth-order valence-electron chi connectivity index (χ4n) is 5.06. The van der Waals surface area contributed by atoms with Crippen LogP contribution in [0.3, 0.4) is 0 Å². The number of nitrogens with one attached hydrogen (secondary N) is 2. The second-order valence-corrected chi connectivity index (χ2v) is 9.53. The van der Waals surface area contributed by atoms with Crippen molar-refractivity contribution in [1.82, 2.24) is 15.5 Å². The largest absolute Gasteiger partial charge is 0.496 e. The Balaban J connectivity index is 1.31. The first kappa shape index (κ1) is 25.8. The van der Waals surface area contributed by atoms with Crippen molar-refractivity contribution in [2.24, 2.45) is 11.8 Å². The molecule has 3 unspecified atom stereocenters. The molecule has 0 bridgehead atoms. The van der Waals surface area contributed by atoms with Gasteiger partial charge in [-0.15, -0.1) is 0 Å². The molecule has 1 saturated heterocycles. The van der Waals surface area contributed by atoms with Crippen LogP contribution in [0.15, 0.2) is 42.5 Å². The van der Waals surface area contributed by atoms with Crippen LogP contribution in [0.1, 0.15) is 30.4 Å². The number of fused-ring (bicyclic) bond motifs is 1. The molecule has 3 atom stereocenters. The van der Waals surface area contributed by atoms with Gasteiger partial charge < -0.3 is 24.8 Å². The number of nitrogens with zero attached hydrogens (tertiary/aromatic N) is 1. The molecule has 1 aliphatic heterocycles. The van der Waals surface area contributed by atoms with Gasteiger partial charge in [-0.05, 0) is 61.7 Å². The molecule has 2 N–H and O–H groups in total. The van der Waals surface area contributed by atoms with Crippen LogP contribution in [0.5, 0.6) is 17.2 Å². The van der Waals surface area contributed by atoms with Crippen LogP contribution in [0.4, 0.5) is 0 Å². The summed E-state index contributed by atoms with van der Waals surface area (Å²) in [5.41, 5.74) is 1.95. The predicted octanol–water partition coefficient (Wildman–Crippen LogP) is 3.07. The van der Waals surface area contributed by atoms with Crippen LogP contribution in [0.2, 0.25) is 0 Å². The molecule has 1 saturated carbocycles.